The summed E-state index contributed by atoms with van der Waals surface area (Å²) < 4.78 is 11.3. The van der Waals surface area contributed by atoms with Gasteiger partial charge >= 0.3 is 5.97 Å². The lowest BCUT2D eigenvalue weighted by Gasteiger charge is -2.12. The molecule has 1 unspecified atom stereocenters. The zero-order valence-electron chi connectivity index (χ0n) is 11.5. The van der Waals surface area contributed by atoms with Gasteiger partial charge in [0.25, 0.3) is 5.82 Å². The zero-order valence-corrected chi connectivity index (χ0v) is 11.5. The predicted octanol–water partition coefficient (Wildman–Crippen LogP) is 0.0868. The number of hydrogen-bond acceptors (Lipinski definition) is 7. The number of methoxy groups -OCH3 is 1. The summed E-state index contributed by atoms with van der Waals surface area (Å²) in [5.41, 5.74) is 6.20. The normalized spacial score (nSPS) is 11.9. The van der Waals surface area contributed by atoms with E-state index < -0.39 is 12.1 Å². The summed E-state index contributed by atoms with van der Waals surface area (Å²) >= 11 is 0. The van der Waals surface area contributed by atoms with E-state index in [-0.39, 0.29) is 19.0 Å². The number of nitrogens with two attached hydrogens (primary N) is 1. The molecule has 3 N–H and O–H groups in total. The SMILES string of the molecule is COC(=O)c1ncn(CC(O)COc2ccc(N)cc2)n1. The van der Waals surface area contributed by atoms with Gasteiger partial charge in [0.15, 0.2) is 0 Å². The molecule has 1 heterocycles. The van der Waals surface area contributed by atoms with Gasteiger partial charge in [0.1, 0.15) is 24.8 Å². The molecule has 0 saturated heterocycles. The Morgan fingerprint density at radius 1 is 1.43 bits per heavy atom. The number of esters is 1. The maximum absolute atomic E-state index is 11.2. The zero-order chi connectivity index (χ0) is 15.2. The third kappa shape index (κ3) is 4.18. The van der Waals surface area contributed by atoms with Crippen LogP contribution in [0, 0.1) is 0 Å². The van der Waals surface area contributed by atoms with Crippen LogP contribution in [-0.2, 0) is 11.3 Å². The highest BCUT2D eigenvalue weighted by Gasteiger charge is 2.13. The van der Waals surface area contributed by atoms with Gasteiger partial charge in [-0.25, -0.2) is 14.5 Å². The molecular weight excluding hydrogens is 276 g/mol. The van der Waals surface area contributed by atoms with Gasteiger partial charge in [-0.3, -0.25) is 0 Å². The lowest BCUT2D eigenvalue weighted by atomic mass is 10.3. The average Bonchev–Trinajstić information content (AvgIpc) is 2.94. The minimum absolute atomic E-state index is 0.0517. The number of aromatic nitrogens is 3. The molecule has 0 aliphatic heterocycles. The summed E-state index contributed by atoms with van der Waals surface area (Å²) in [5.74, 6) is -0.0670. The van der Waals surface area contributed by atoms with Gasteiger partial charge in [-0.2, -0.15) is 0 Å². The van der Waals surface area contributed by atoms with Crippen LogP contribution in [0.5, 0.6) is 5.75 Å². The second kappa shape index (κ2) is 6.71. The van der Waals surface area contributed by atoms with Gasteiger partial charge in [-0.05, 0) is 24.3 Å². The molecule has 0 aliphatic carbocycles. The molecule has 8 nitrogen and oxygen atoms in total. The van der Waals surface area contributed by atoms with Crippen molar-refractivity contribution in [3.05, 3.63) is 36.4 Å². The fourth-order valence-electron chi connectivity index (χ4n) is 1.59. The van der Waals surface area contributed by atoms with Crippen LogP contribution in [0.2, 0.25) is 0 Å². The third-order valence-electron chi connectivity index (χ3n) is 2.62. The number of hydrogen-bond donors (Lipinski definition) is 2. The van der Waals surface area contributed by atoms with Crippen LogP contribution in [0.15, 0.2) is 30.6 Å². The minimum atomic E-state index is -0.797. The van der Waals surface area contributed by atoms with E-state index in [2.05, 4.69) is 14.8 Å². The lowest BCUT2D eigenvalue weighted by Crippen LogP contribution is -2.24. The highest BCUT2D eigenvalue weighted by atomic mass is 16.5. The predicted molar refractivity (Wildman–Crippen MR) is 73.7 cm³/mol. The number of rotatable bonds is 6. The number of carbonyl (C=O) groups excluding carboxylic acids is 1. The van der Waals surface area contributed by atoms with E-state index in [0.29, 0.717) is 11.4 Å². The van der Waals surface area contributed by atoms with Gasteiger partial charge < -0.3 is 20.3 Å². The van der Waals surface area contributed by atoms with E-state index in [1.54, 1.807) is 24.3 Å². The van der Waals surface area contributed by atoms with E-state index in [9.17, 15) is 9.90 Å². The summed E-state index contributed by atoms with van der Waals surface area (Å²) in [6, 6.07) is 6.85. The number of ether oxygens (including phenoxy) is 2. The molecule has 0 amide bonds. The van der Waals surface area contributed by atoms with Crippen molar-refractivity contribution in [3.63, 3.8) is 0 Å². The summed E-state index contributed by atoms with van der Waals surface area (Å²) in [7, 11) is 1.25. The summed E-state index contributed by atoms with van der Waals surface area (Å²) in [6.07, 6.45) is 0.549. The van der Waals surface area contributed by atoms with Crippen LogP contribution in [0.1, 0.15) is 10.6 Å². The summed E-state index contributed by atoms with van der Waals surface area (Å²) in [5, 5.41) is 13.8. The molecule has 112 valence electrons. The molecule has 1 atom stereocenters. The van der Waals surface area contributed by atoms with E-state index in [1.807, 2.05) is 0 Å². The quantitative estimate of drug-likeness (QED) is 0.573. The van der Waals surface area contributed by atoms with Gasteiger partial charge in [-0.15, -0.1) is 5.10 Å². The highest BCUT2D eigenvalue weighted by molar-refractivity contribution is 5.84. The Morgan fingerprint density at radius 3 is 2.81 bits per heavy atom. The van der Waals surface area contributed by atoms with Gasteiger partial charge in [0.2, 0.25) is 0 Å². The molecule has 0 spiro atoms. The molecule has 0 bridgehead atoms. The smallest absolute Gasteiger partial charge is 0.377 e. The Balaban J connectivity index is 1.84. The van der Waals surface area contributed by atoms with Crippen molar-refractivity contribution in [2.45, 2.75) is 12.6 Å². The molecule has 0 aliphatic rings. The van der Waals surface area contributed by atoms with Crippen molar-refractivity contribution in [1.82, 2.24) is 14.8 Å². The van der Waals surface area contributed by atoms with E-state index in [1.165, 1.54) is 18.1 Å². The maximum Gasteiger partial charge on any atom is 0.377 e. The molecule has 2 rings (SSSR count). The molecule has 0 fully saturated rings. The number of nitrogen functional groups attached to an aromatic ring is 1. The standard InChI is InChI=1S/C13H16N4O4/c1-20-13(19)12-15-8-17(16-12)6-10(18)7-21-11-4-2-9(14)3-5-11/h2-5,8,10,18H,6-7,14H2,1H3. The molecular formula is C13H16N4O4. The van der Waals surface area contributed by atoms with Crippen LogP contribution in [0.3, 0.4) is 0 Å². The topological polar surface area (TPSA) is 112 Å². The third-order valence-corrected chi connectivity index (χ3v) is 2.62. The first-order valence-electron chi connectivity index (χ1n) is 6.22. The number of nitrogens with zero attached hydrogens (tertiary/aromatic N) is 3. The minimum Gasteiger partial charge on any atom is -0.491 e. The van der Waals surface area contributed by atoms with E-state index in [0.717, 1.165) is 0 Å². The fourth-order valence-corrected chi connectivity index (χ4v) is 1.59. The lowest BCUT2D eigenvalue weighted by molar-refractivity contribution is 0.0583. The van der Waals surface area contributed by atoms with Crippen molar-refractivity contribution in [2.75, 3.05) is 19.5 Å². The van der Waals surface area contributed by atoms with Crippen LogP contribution in [0.25, 0.3) is 0 Å². The molecule has 0 saturated carbocycles. The number of anilines is 1. The van der Waals surface area contributed by atoms with Gasteiger partial charge in [0, 0.05) is 5.69 Å². The Labute approximate surface area is 121 Å². The van der Waals surface area contributed by atoms with Crippen LogP contribution < -0.4 is 10.5 Å². The first kappa shape index (κ1) is 14.8. The second-order valence-corrected chi connectivity index (χ2v) is 4.32. The van der Waals surface area contributed by atoms with Crippen molar-refractivity contribution in [1.29, 1.82) is 0 Å². The first-order chi connectivity index (χ1) is 10.1. The monoisotopic (exact) mass is 292 g/mol. The van der Waals surface area contributed by atoms with E-state index >= 15 is 0 Å². The molecule has 1 aromatic heterocycles. The van der Waals surface area contributed by atoms with Crippen LogP contribution in [-0.4, -0.2) is 45.7 Å². The number of carbonyl (C=O) groups is 1. The molecule has 8 heteroatoms. The molecule has 0 radical (unpaired) electrons. The Hall–Kier alpha value is -2.61. The van der Waals surface area contributed by atoms with Gasteiger partial charge in [0.05, 0.1) is 13.7 Å². The second-order valence-electron chi connectivity index (χ2n) is 4.32. The fraction of sp³-hybridized carbons (Fsp3) is 0.308. The number of benzene rings is 1. The van der Waals surface area contributed by atoms with Crippen molar-refractivity contribution >= 4 is 11.7 Å². The van der Waals surface area contributed by atoms with Crippen LogP contribution in [0.4, 0.5) is 5.69 Å². The number of aliphatic hydroxyl groups excluding tert-OH is 1. The number of aliphatic hydroxyl groups is 1. The van der Waals surface area contributed by atoms with Gasteiger partial charge in [-0.1, -0.05) is 0 Å². The largest absolute Gasteiger partial charge is 0.491 e. The molecule has 2 aromatic rings. The van der Waals surface area contributed by atoms with Crippen molar-refractivity contribution in [3.8, 4) is 5.75 Å². The highest BCUT2D eigenvalue weighted by Crippen LogP contribution is 2.13. The van der Waals surface area contributed by atoms with Crippen LogP contribution >= 0.6 is 0 Å². The van der Waals surface area contributed by atoms with Crippen molar-refractivity contribution in [2.24, 2.45) is 0 Å². The molecule has 1 aromatic carbocycles. The Bertz CT molecular complexity index is 596. The maximum atomic E-state index is 11.2. The molecule has 21 heavy (non-hydrogen) atoms. The Kier molecular flexibility index (Phi) is 4.72. The average molecular weight is 292 g/mol. The van der Waals surface area contributed by atoms with Crippen molar-refractivity contribution < 1.29 is 19.4 Å². The summed E-state index contributed by atoms with van der Waals surface area (Å²) in [6.45, 7) is 0.232. The van der Waals surface area contributed by atoms with E-state index in [4.69, 9.17) is 10.5 Å². The Morgan fingerprint density at radius 2 is 2.14 bits per heavy atom. The summed E-state index contributed by atoms with van der Waals surface area (Å²) in [4.78, 5) is 15.0. The first-order valence-corrected chi connectivity index (χ1v) is 6.22.